The number of hydrogen-bond acceptors (Lipinski definition) is 2. The molecule has 1 aliphatic rings. The fourth-order valence-corrected chi connectivity index (χ4v) is 2.91. The molecule has 0 saturated carbocycles. The molecule has 4 nitrogen and oxygen atoms in total. The second kappa shape index (κ2) is 8.29. The minimum Gasteiger partial charge on any atom is -0.353 e. The van der Waals surface area contributed by atoms with Crippen LogP contribution in [0.25, 0.3) is 6.08 Å². The summed E-state index contributed by atoms with van der Waals surface area (Å²) in [6, 6.07) is 17.8. The van der Waals surface area contributed by atoms with Gasteiger partial charge in [0.05, 0.1) is 0 Å². The topological polar surface area (TPSA) is 49.4 Å². The van der Waals surface area contributed by atoms with E-state index in [0.29, 0.717) is 32.5 Å². The molecule has 2 amide bonds. The van der Waals surface area contributed by atoms with Crippen LogP contribution in [0.1, 0.15) is 29.5 Å². The highest BCUT2D eigenvalue weighted by Gasteiger charge is 2.22. The van der Waals surface area contributed by atoms with Crippen molar-refractivity contribution in [3.8, 4) is 0 Å². The molecule has 2 aromatic rings. The van der Waals surface area contributed by atoms with E-state index in [0.717, 1.165) is 5.56 Å². The Balaban J connectivity index is 1.35. The minimum absolute atomic E-state index is 0.134. The third kappa shape index (κ3) is 4.80. The van der Waals surface area contributed by atoms with Gasteiger partial charge in [-0.05, 0) is 29.2 Å². The number of nitrogens with zero attached hydrogens (tertiary/aromatic N) is 1. The molecule has 0 saturated heterocycles. The van der Waals surface area contributed by atoms with Gasteiger partial charge in [0.2, 0.25) is 11.8 Å². The van der Waals surface area contributed by atoms with Crippen LogP contribution in [0, 0.1) is 0 Å². The lowest BCUT2D eigenvalue weighted by Gasteiger charge is -2.15. The van der Waals surface area contributed by atoms with Gasteiger partial charge in [0.25, 0.3) is 0 Å². The summed E-state index contributed by atoms with van der Waals surface area (Å²) in [4.78, 5) is 25.9. The highest BCUT2D eigenvalue weighted by atomic mass is 16.2. The quantitative estimate of drug-likeness (QED) is 0.652. The van der Waals surface area contributed by atoms with Crippen LogP contribution in [0.3, 0.4) is 0 Å². The number of fused-ring (bicyclic) bond motifs is 1. The van der Waals surface area contributed by atoms with Crippen LogP contribution in [0.15, 0.2) is 60.7 Å². The van der Waals surface area contributed by atoms with E-state index in [1.807, 2.05) is 47.4 Å². The van der Waals surface area contributed by atoms with Crippen LogP contribution >= 0.6 is 0 Å². The lowest BCUT2D eigenvalue weighted by atomic mass is 10.1. The summed E-state index contributed by atoms with van der Waals surface area (Å²) in [5, 5.41) is 2.82. The van der Waals surface area contributed by atoms with Crippen molar-refractivity contribution in [1.29, 1.82) is 0 Å². The van der Waals surface area contributed by atoms with Crippen LogP contribution in [-0.4, -0.2) is 23.3 Å². The van der Waals surface area contributed by atoms with E-state index in [9.17, 15) is 9.59 Å². The Kier molecular flexibility index (Phi) is 5.62. The Morgan fingerprint density at radius 3 is 2.28 bits per heavy atom. The van der Waals surface area contributed by atoms with Gasteiger partial charge in [-0.15, -0.1) is 0 Å². The highest BCUT2D eigenvalue weighted by molar-refractivity contribution is 5.91. The smallest absolute Gasteiger partial charge is 0.243 e. The molecule has 0 fully saturated rings. The molecule has 0 bridgehead atoms. The molecule has 1 aliphatic heterocycles. The van der Waals surface area contributed by atoms with Crippen molar-refractivity contribution < 1.29 is 9.59 Å². The first kappa shape index (κ1) is 17.0. The van der Waals surface area contributed by atoms with Gasteiger partial charge in [0, 0.05) is 32.1 Å². The first-order valence-electron chi connectivity index (χ1n) is 8.58. The number of benzene rings is 2. The zero-order valence-corrected chi connectivity index (χ0v) is 14.2. The number of nitrogens with one attached hydrogen (secondary N) is 1. The second-order valence-corrected chi connectivity index (χ2v) is 6.16. The van der Waals surface area contributed by atoms with Gasteiger partial charge in [-0.2, -0.15) is 0 Å². The number of carbonyl (C=O) groups is 2. The standard InChI is InChI=1S/C21H22N2O2/c24-20(13-12-17-7-2-1-3-8-17)22-14-6-11-21(25)23-15-18-9-4-5-10-19(18)16-23/h1-5,7-10,12-13H,6,11,14-16H2,(H,22,24)/b13-12-. The number of amides is 2. The third-order valence-corrected chi connectivity index (χ3v) is 4.29. The van der Waals surface area contributed by atoms with Crippen LogP contribution in [0.4, 0.5) is 0 Å². The number of carbonyl (C=O) groups excluding carboxylic acids is 2. The fraction of sp³-hybridized carbons (Fsp3) is 0.238. The molecule has 0 aromatic heterocycles. The molecule has 4 heteroatoms. The molecule has 0 unspecified atom stereocenters. The van der Waals surface area contributed by atoms with E-state index in [1.165, 1.54) is 17.2 Å². The van der Waals surface area contributed by atoms with Gasteiger partial charge >= 0.3 is 0 Å². The van der Waals surface area contributed by atoms with Gasteiger partial charge < -0.3 is 10.2 Å². The molecule has 3 rings (SSSR count). The average Bonchev–Trinajstić information content (AvgIpc) is 3.08. The van der Waals surface area contributed by atoms with Gasteiger partial charge in [-0.1, -0.05) is 54.6 Å². The SMILES string of the molecule is O=C(/C=C\c1ccccc1)NCCCC(=O)N1Cc2ccccc2C1. The normalized spacial score (nSPS) is 13.0. The zero-order valence-electron chi connectivity index (χ0n) is 14.2. The third-order valence-electron chi connectivity index (χ3n) is 4.29. The average molecular weight is 334 g/mol. The van der Waals surface area contributed by atoms with Gasteiger partial charge in [0.1, 0.15) is 0 Å². The van der Waals surface area contributed by atoms with Crippen LogP contribution < -0.4 is 5.32 Å². The summed E-state index contributed by atoms with van der Waals surface area (Å²) < 4.78 is 0. The van der Waals surface area contributed by atoms with Crippen molar-refractivity contribution in [3.63, 3.8) is 0 Å². The lowest BCUT2D eigenvalue weighted by molar-refractivity contribution is -0.132. The van der Waals surface area contributed by atoms with Gasteiger partial charge in [-0.3, -0.25) is 9.59 Å². The van der Waals surface area contributed by atoms with Gasteiger partial charge in [-0.25, -0.2) is 0 Å². The molecule has 0 spiro atoms. The van der Waals surface area contributed by atoms with Crippen molar-refractivity contribution in [2.45, 2.75) is 25.9 Å². The summed E-state index contributed by atoms with van der Waals surface area (Å²) in [6.45, 7) is 1.90. The molecule has 25 heavy (non-hydrogen) atoms. The Hall–Kier alpha value is -2.88. The highest BCUT2D eigenvalue weighted by Crippen LogP contribution is 2.22. The van der Waals surface area contributed by atoms with E-state index in [1.54, 1.807) is 6.08 Å². The molecule has 2 aromatic carbocycles. The molecule has 1 N–H and O–H groups in total. The van der Waals surface area contributed by atoms with Crippen molar-refractivity contribution in [1.82, 2.24) is 10.2 Å². The van der Waals surface area contributed by atoms with E-state index in [2.05, 4.69) is 17.4 Å². The molecule has 0 atom stereocenters. The van der Waals surface area contributed by atoms with Crippen LogP contribution in [0.2, 0.25) is 0 Å². The molecule has 0 radical (unpaired) electrons. The number of hydrogen-bond donors (Lipinski definition) is 1. The molecule has 128 valence electrons. The monoisotopic (exact) mass is 334 g/mol. The van der Waals surface area contributed by atoms with Crippen molar-refractivity contribution in [3.05, 3.63) is 77.4 Å². The minimum atomic E-state index is -0.134. The van der Waals surface area contributed by atoms with E-state index in [-0.39, 0.29) is 11.8 Å². The summed E-state index contributed by atoms with van der Waals surface area (Å²) in [7, 11) is 0. The zero-order chi connectivity index (χ0) is 17.5. The molecular formula is C21H22N2O2. The van der Waals surface area contributed by atoms with Gasteiger partial charge in [0.15, 0.2) is 0 Å². The Labute approximate surface area is 148 Å². The Morgan fingerprint density at radius 1 is 0.960 bits per heavy atom. The molecule has 1 heterocycles. The Morgan fingerprint density at radius 2 is 1.60 bits per heavy atom. The van der Waals surface area contributed by atoms with E-state index < -0.39 is 0 Å². The molecular weight excluding hydrogens is 312 g/mol. The van der Waals surface area contributed by atoms with Crippen molar-refractivity contribution in [2.24, 2.45) is 0 Å². The molecule has 0 aliphatic carbocycles. The predicted octanol–water partition coefficient (Wildman–Crippen LogP) is 3.14. The van der Waals surface area contributed by atoms with E-state index in [4.69, 9.17) is 0 Å². The summed E-state index contributed by atoms with van der Waals surface area (Å²) >= 11 is 0. The largest absolute Gasteiger partial charge is 0.353 e. The summed E-state index contributed by atoms with van der Waals surface area (Å²) in [5.41, 5.74) is 3.45. The number of rotatable bonds is 6. The van der Waals surface area contributed by atoms with Crippen molar-refractivity contribution in [2.75, 3.05) is 6.54 Å². The summed E-state index contributed by atoms with van der Waals surface area (Å²) in [5.74, 6) is 0.00940. The first-order valence-corrected chi connectivity index (χ1v) is 8.58. The summed E-state index contributed by atoms with van der Waals surface area (Å²) in [6.07, 6.45) is 4.41. The predicted molar refractivity (Wildman–Crippen MR) is 98.4 cm³/mol. The van der Waals surface area contributed by atoms with Crippen LogP contribution in [-0.2, 0) is 22.7 Å². The fourth-order valence-electron chi connectivity index (χ4n) is 2.91. The lowest BCUT2D eigenvalue weighted by Crippen LogP contribution is -2.27. The maximum absolute atomic E-state index is 12.3. The van der Waals surface area contributed by atoms with Crippen molar-refractivity contribution >= 4 is 17.9 Å². The first-order chi connectivity index (χ1) is 12.2. The maximum atomic E-state index is 12.3. The van der Waals surface area contributed by atoms with E-state index >= 15 is 0 Å². The second-order valence-electron chi connectivity index (χ2n) is 6.16. The Bertz CT molecular complexity index is 743. The maximum Gasteiger partial charge on any atom is 0.243 e. The van der Waals surface area contributed by atoms with Crippen LogP contribution in [0.5, 0.6) is 0 Å².